The van der Waals surface area contributed by atoms with Gasteiger partial charge in [0.1, 0.15) is 0 Å². The van der Waals surface area contributed by atoms with Crippen LogP contribution in [-0.4, -0.2) is 45.7 Å². The van der Waals surface area contributed by atoms with Gasteiger partial charge in [0, 0.05) is 23.1 Å². The highest BCUT2D eigenvalue weighted by atomic mass is 32.2. The van der Waals surface area contributed by atoms with Crippen LogP contribution in [0.4, 0.5) is 0 Å². The van der Waals surface area contributed by atoms with Gasteiger partial charge in [0.15, 0.2) is 5.17 Å². The first-order valence-electron chi connectivity index (χ1n) is 14.1. The fourth-order valence-corrected chi connectivity index (χ4v) is 7.35. The molecule has 202 valence electrons. The summed E-state index contributed by atoms with van der Waals surface area (Å²) < 4.78 is 7.15. The van der Waals surface area contributed by atoms with Gasteiger partial charge in [-0.2, -0.15) is 0 Å². The monoisotopic (exact) mass is 533 g/mol. The van der Waals surface area contributed by atoms with Crippen LogP contribution >= 0.6 is 11.8 Å². The van der Waals surface area contributed by atoms with Gasteiger partial charge in [0.2, 0.25) is 0 Å². The zero-order chi connectivity index (χ0) is 26.8. The summed E-state index contributed by atoms with van der Waals surface area (Å²) in [4.78, 5) is 34.1. The molecule has 5 rings (SSSR count). The van der Waals surface area contributed by atoms with Gasteiger partial charge in [-0.25, -0.2) is 4.79 Å². The van der Waals surface area contributed by atoms with Crippen molar-refractivity contribution in [3.63, 3.8) is 0 Å². The van der Waals surface area contributed by atoms with Gasteiger partial charge in [-0.3, -0.25) is 14.7 Å². The van der Waals surface area contributed by atoms with Crippen molar-refractivity contribution in [3.8, 4) is 5.69 Å². The molecule has 2 aliphatic carbocycles. The Morgan fingerprint density at radius 3 is 2.39 bits per heavy atom. The number of aryl methyl sites for hydroxylation is 1. The number of ether oxygens (including phenoxy) is 1. The van der Waals surface area contributed by atoms with Crippen molar-refractivity contribution < 1.29 is 14.3 Å². The summed E-state index contributed by atoms with van der Waals surface area (Å²) in [5.74, 6) is -0.236. The number of aliphatic imine (C=N–C) groups is 1. The van der Waals surface area contributed by atoms with Crippen molar-refractivity contribution in [2.45, 2.75) is 97.1 Å². The maximum Gasteiger partial charge on any atom is 0.338 e. The van der Waals surface area contributed by atoms with E-state index >= 15 is 0 Å². The van der Waals surface area contributed by atoms with Crippen molar-refractivity contribution in [2.75, 3.05) is 7.11 Å². The number of aromatic nitrogens is 1. The molecular formula is C31H39N3O3S. The van der Waals surface area contributed by atoms with Crippen LogP contribution in [0.1, 0.15) is 97.1 Å². The molecule has 1 saturated heterocycles. The molecule has 3 fully saturated rings. The van der Waals surface area contributed by atoms with Gasteiger partial charge >= 0.3 is 5.97 Å². The summed E-state index contributed by atoms with van der Waals surface area (Å²) in [6.45, 7) is 6.09. The molecule has 3 aliphatic rings. The van der Waals surface area contributed by atoms with E-state index in [-0.39, 0.29) is 17.9 Å². The Bertz CT molecular complexity index is 1280. The minimum Gasteiger partial charge on any atom is -0.465 e. The maximum atomic E-state index is 13.8. The van der Waals surface area contributed by atoms with Crippen LogP contribution in [0.5, 0.6) is 0 Å². The number of hydrogen-bond acceptors (Lipinski definition) is 5. The highest BCUT2D eigenvalue weighted by Crippen LogP contribution is 2.39. The van der Waals surface area contributed by atoms with Crippen molar-refractivity contribution >= 4 is 34.9 Å². The second kappa shape index (κ2) is 11.5. The van der Waals surface area contributed by atoms with Crippen molar-refractivity contribution in [2.24, 2.45) is 4.99 Å². The summed E-state index contributed by atoms with van der Waals surface area (Å²) in [5, 5.41) is 0.912. The molecule has 6 nitrogen and oxygen atoms in total. The van der Waals surface area contributed by atoms with Crippen LogP contribution in [0.25, 0.3) is 11.8 Å². The lowest BCUT2D eigenvalue weighted by atomic mass is 9.94. The number of esters is 1. The normalized spacial score (nSPS) is 21.6. The van der Waals surface area contributed by atoms with Crippen LogP contribution in [0.15, 0.2) is 34.2 Å². The van der Waals surface area contributed by atoms with Crippen LogP contribution in [-0.2, 0) is 9.53 Å². The first kappa shape index (κ1) is 26.8. The number of nitrogens with zero attached hydrogens (tertiary/aromatic N) is 3. The molecule has 0 radical (unpaired) electrons. The second-order valence-corrected chi connectivity index (χ2v) is 11.9. The van der Waals surface area contributed by atoms with E-state index in [9.17, 15) is 9.59 Å². The first-order chi connectivity index (χ1) is 18.4. The molecule has 1 aromatic heterocycles. The van der Waals surface area contributed by atoms with Gasteiger partial charge in [-0.15, -0.1) is 0 Å². The topological polar surface area (TPSA) is 63.9 Å². The van der Waals surface area contributed by atoms with Crippen molar-refractivity contribution in [1.82, 2.24) is 9.47 Å². The minimum absolute atomic E-state index is 0.102. The second-order valence-electron chi connectivity index (χ2n) is 10.9. The van der Waals surface area contributed by atoms with E-state index < -0.39 is 0 Å². The molecule has 7 heteroatoms. The predicted molar refractivity (Wildman–Crippen MR) is 155 cm³/mol. The number of benzene rings is 1. The Balaban J connectivity index is 1.50. The molecular weight excluding hydrogens is 494 g/mol. The first-order valence-corrected chi connectivity index (χ1v) is 14.9. The lowest BCUT2D eigenvalue weighted by molar-refractivity contribution is -0.124. The number of amidine groups is 1. The third-order valence-corrected chi connectivity index (χ3v) is 9.35. The Morgan fingerprint density at radius 2 is 1.71 bits per heavy atom. The van der Waals surface area contributed by atoms with Crippen LogP contribution in [0, 0.1) is 20.8 Å². The molecule has 2 heterocycles. The number of hydrogen-bond donors (Lipinski definition) is 0. The summed E-state index contributed by atoms with van der Waals surface area (Å²) in [6, 6.07) is 8.42. The van der Waals surface area contributed by atoms with Crippen LogP contribution < -0.4 is 0 Å². The Kier molecular flexibility index (Phi) is 8.12. The molecule has 0 unspecified atom stereocenters. The number of carbonyl (C=O) groups is 2. The minimum atomic E-state index is -0.338. The zero-order valence-corrected chi connectivity index (χ0v) is 23.9. The fraction of sp³-hybridized carbons (Fsp3) is 0.516. The summed E-state index contributed by atoms with van der Waals surface area (Å²) in [5.41, 5.74) is 5.48. The van der Waals surface area contributed by atoms with Crippen molar-refractivity contribution in [3.05, 3.63) is 57.2 Å². The van der Waals surface area contributed by atoms with Gasteiger partial charge in [-0.05, 0) is 93.6 Å². The fourth-order valence-electron chi connectivity index (χ4n) is 6.25. The van der Waals surface area contributed by atoms with Gasteiger partial charge < -0.3 is 9.30 Å². The molecule has 1 aliphatic heterocycles. The van der Waals surface area contributed by atoms with Gasteiger partial charge in [-0.1, -0.05) is 44.6 Å². The average Bonchev–Trinajstić information content (AvgIpc) is 3.38. The quantitative estimate of drug-likeness (QED) is 0.303. The van der Waals surface area contributed by atoms with Gasteiger partial charge in [0.05, 0.1) is 23.6 Å². The molecule has 2 saturated carbocycles. The molecule has 0 spiro atoms. The maximum absolute atomic E-state index is 13.8. The third kappa shape index (κ3) is 5.22. The molecule has 38 heavy (non-hydrogen) atoms. The van der Waals surface area contributed by atoms with Crippen LogP contribution in [0.2, 0.25) is 0 Å². The molecule has 1 aromatic carbocycles. The molecule has 2 aromatic rings. The number of amides is 1. The largest absolute Gasteiger partial charge is 0.465 e. The molecule has 0 bridgehead atoms. The number of thioether (sulfide) groups is 1. The lowest BCUT2D eigenvalue weighted by Crippen LogP contribution is -2.41. The standard InChI is InChI=1S/C31H39N3O3S/c1-20-18-23(22(3)33(20)27-17-11-16-26(21(27)2)30(36)37-4)19-28-29(35)34(25-14-9-6-10-15-25)31(38-28)32-24-12-7-5-8-13-24/h11,16-19,24-25H,5-10,12-15H2,1-4H3. The summed E-state index contributed by atoms with van der Waals surface area (Å²) in [6.07, 6.45) is 13.8. The SMILES string of the molecule is COC(=O)c1cccc(-n2c(C)cc(C=C3SC(=NC4CCCCC4)N(C4CCCCC4)C3=O)c2C)c1C. The average molecular weight is 534 g/mol. The Morgan fingerprint density at radius 1 is 1.03 bits per heavy atom. The Labute approximate surface area is 230 Å². The van der Waals surface area contributed by atoms with Gasteiger partial charge in [0.25, 0.3) is 5.91 Å². The smallest absolute Gasteiger partial charge is 0.338 e. The van der Waals surface area contributed by atoms with Crippen LogP contribution in [0.3, 0.4) is 0 Å². The van der Waals surface area contributed by atoms with E-state index in [1.165, 1.54) is 45.6 Å². The molecule has 0 N–H and O–H groups in total. The number of carbonyl (C=O) groups excluding carboxylic acids is 2. The van der Waals surface area contributed by atoms with E-state index in [1.54, 1.807) is 17.8 Å². The summed E-state index contributed by atoms with van der Waals surface area (Å²) in [7, 11) is 1.41. The third-order valence-electron chi connectivity index (χ3n) is 8.35. The number of methoxy groups -OCH3 is 1. The van der Waals surface area contributed by atoms with E-state index in [0.717, 1.165) is 64.0 Å². The highest BCUT2D eigenvalue weighted by Gasteiger charge is 2.39. The predicted octanol–water partition coefficient (Wildman–Crippen LogP) is 7.13. The molecule has 1 amide bonds. The summed E-state index contributed by atoms with van der Waals surface area (Å²) >= 11 is 1.56. The van der Waals surface area contributed by atoms with E-state index in [2.05, 4.69) is 24.5 Å². The lowest BCUT2D eigenvalue weighted by Gasteiger charge is -2.31. The van der Waals surface area contributed by atoms with Crippen molar-refractivity contribution in [1.29, 1.82) is 0 Å². The molecule has 0 atom stereocenters. The van der Waals surface area contributed by atoms with E-state index in [0.29, 0.717) is 11.6 Å². The van der Waals surface area contributed by atoms with E-state index in [1.807, 2.05) is 30.0 Å². The highest BCUT2D eigenvalue weighted by molar-refractivity contribution is 8.18. The Hall–Kier alpha value is -2.80. The van der Waals surface area contributed by atoms with E-state index in [4.69, 9.17) is 9.73 Å². The number of rotatable bonds is 5. The zero-order valence-electron chi connectivity index (χ0n) is 23.1.